The summed E-state index contributed by atoms with van der Waals surface area (Å²) in [5.74, 6) is 0.562. The molecule has 34 heavy (non-hydrogen) atoms. The van der Waals surface area contributed by atoms with Crippen LogP contribution in [0.25, 0.3) is 0 Å². The first kappa shape index (κ1) is 27.2. The Morgan fingerprint density at radius 1 is 1.12 bits per heavy atom. The largest absolute Gasteiger partial charge is 0.444 e. The fraction of sp³-hybridized carbons (Fsp3) is 0.400. The first-order chi connectivity index (χ1) is 15.9. The lowest BCUT2D eigenvalue weighted by Gasteiger charge is -2.23. The Balaban J connectivity index is 0.000000340. The molecule has 9 heteroatoms. The number of aromatic nitrogens is 2. The van der Waals surface area contributed by atoms with Gasteiger partial charge in [-0.2, -0.15) is 4.98 Å². The first-order valence-electron chi connectivity index (χ1n) is 10.8. The molecule has 3 aromatic rings. The van der Waals surface area contributed by atoms with E-state index in [4.69, 9.17) is 9.26 Å². The van der Waals surface area contributed by atoms with Crippen molar-refractivity contribution >= 4 is 16.9 Å². The average Bonchev–Trinajstić information content (AvgIpc) is 3.13. The van der Waals surface area contributed by atoms with E-state index >= 15 is 0 Å². The second kappa shape index (κ2) is 12.4. The molecule has 0 saturated carbocycles. The van der Waals surface area contributed by atoms with Gasteiger partial charge in [-0.1, -0.05) is 41.1 Å². The minimum absolute atomic E-state index is 0.285. The van der Waals surface area contributed by atoms with Crippen molar-refractivity contribution in [2.75, 3.05) is 6.26 Å². The lowest BCUT2D eigenvalue weighted by molar-refractivity contribution is 0.0502. The van der Waals surface area contributed by atoms with Crippen LogP contribution in [-0.2, 0) is 28.4 Å². The van der Waals surface area contributed by atoms with Gasteiger partial charge in [-0.15, -0.1) is 0 Å². The van der Waals surface area contributed by atoms with Crippen molar-refractivity contribution in [3.8, 4) is 0 Å². The second-order valence-corrected chi connectivity index (χ2v) is 10.2. The molecule has 0 fully saturated rings. The summed E-state index contributed by atoms with van der Waals surface area (Å²) in [5.41, 5.74) is 1.08. The molecule has 0 aliphatic heterocycles. The van der Waals surface area contributed by atoms with E-state index in [2.05, 4.69) is 15.5 Å². The Kier molecular flexibility index (Phi) is 9.92. The third-order valence-electron chi connectivity index (χ3n) is 4.49. The molecule has 1 amide bonds. The molecule has 0 aliphatic rings. The van der Waals surface area contributed by atoms with Crippen LogP contribution in [0.15, 0.2) is 57.9 Å². The number of carbonyl (C=O) groups is 1. The van der Waals surface area contributed by atoms with Crippen molar-refractivity contribution in [2.24, 2.45) is 0 Å². The van der Waals surface area contributed by atoms with Crippen LogP contribution in [-0.4, -0.2) is 38.3 Å². The Morgan fingerprint density at radius 3 is 2.29 bits per heavy atom. The zero-order valence-corrected chi connectivity index (χ0v) is 21.2. The van der Waals surface area contributed by atoms with Gasteiger partial charge >= 0.3 is 6.09 Å². The molecule has 1 N–H and O–H groups in total. The first-order valence-corrected chi connectivity index (χ1v) is 12.4. The number of carbonyl (C=O) groups excluding carboxylic acids is 1. The SMILES string of the molecule is Cc1ccc(S(C)=O)cc1.Cc1noc(CC(Cc2ccccc2F)NC(=O)OC(C)(C)C)n1. The van der Waals surface area contributed by atoms with E-state index in [0.29, 0.717) is 17.3 Å². The van der Waals surface area contributed by atoms with E-state index in [0.717, 1.165) is 4.90 Å². The van der Waals surface area contributed by atoms with Gasteiger partial charge in [0.25, 0.3) is 0 Å². The molecule has 0 aliphatic carbocycles. The van der Waals surface area contributed by atoms with Gasteiger partial charge in [0.2, 0.25) is 5.89 Å². The summed E-state index contributed by atoms with van der Waals surface area (Å²) < 4.78 is 35.1. The summed E-state index contributed by atoms with van der Waals surface area (Å²) in [4.78, 5) is 17.1. The van der Waals surface area contributed by atoms with Crippen LogP contribution in [0.4, 0.5) is 9.18 Å². The van der Waals surface area contributed by atoms with E-state index in [1.54, 1.807) is 52.1 Å². The van der Waals surface area contributed by atoms with Crippen LogP contribution >= 0.6 is 0 Å². The Labute approximate surface area is 202 Å². The van der Waals surface area contributed by atoms with Crippen LogP contribution < -0.4 is 5.32 Å². The van der Waals surface area contributed by atoms with Gasteiger partial charge in [-0.3, -0.25) is 4.21 Å². The van der Waals surface area contributed by atoms with Crippen LogP contribution in [0.2, 0.25) is 0 Å². The number of nitrogens with one attached hydrogen (secondary N) is 1. The van der Waals surface area contributed by atoms with Gasteiger partial charge in [0.1, 0.15) is 11.4 Å². The third kappa shape index (κ3) is 9.82. The number of halogens is 1. The Hall–Kier alpha value is -3.07. The summed E-state index contributed by atoms with van der Waals surface area (Å²) in [6, 6.07) is 13.7. The van der Waals surface area contributed by atoms with Crippen molar-refractivity contribution in [1.82, 2.24) is 15.5 Å². The third-order valence-corrected chi connectivity index (χ3v) is 5.42. The minimum Gasteiger partial charge on any atom is -0.444 e. The quantitative estimate of drug-likeness (QED) is 0.528. The topological polar surface area (TPSA) is 94.3 Å². The molecule has 3 rings (SSSR count). The Bertz CT molecular complexity index is 1090. The fourth-order valence-electron chi connectivity index (χ4n) is 2.94. The summed E-state index contributed by atoms with van der Waals surface area (Å²) in [7, 11) is -0.837. The molecule has 184 valence electrons. The molecule has 0 saturated heterocycles. The molecule has 0 bridgehead atoms. The van der Waals surface area contributed by atoms with E-state index in [-0.39, 0.29) is 18.7 Å². The highest BCUT2D eigenvalue weighted by Gasteiger charge is 2.22. The highest BCUT2D eigenvalue weighted by molar-refractivity contribution is 7.84. The predicted octanol–water partition coefficient (Wildman–Crippen LogP) is 4.93. The second-order valence-electron chi connectivity index (χ2n) is 8.85. The minimum atomic E-state index is -0.837. The monoisotopic (exact) mass is 489 g/mol. The predicted molar refractivity (Wildman–Crippen MR) is 130 cm³/mol. The molecule has 0 radical (unpaired) electrons. The van der Waals surface area contributed by atoms with Crippen LogP contribution in [0.5, 0.6) is 0 Å². The number of amides is 1. The van der Waals surface area contributed by atoms with Gasteiger partial charge in [-0.05, 0) is 64.8 Å². The molecule has 2 unspecified atom stereocenters. The summed E-state index contributed by atoms with van der Waals surface area (Å²) in [5, 5.41) is 6.48. The normalized spacial score (nSPS) is 12.8. The van der Waals surface area contributed by atoms with E-state index in [1.807, 2.05) is 31.2 Å². The highest BCUT2D eigenvalue weighted by atomic mass is 32.2. The maximum Gasteiger partial charge on any atom is 0.407 e. The summed E-state index contributed by atoms with van der Waals surface area (Å²) in [6.45, 7) is 9.06. The van der Waals surface area contributed by atoms with E-state index in [9.17, 15) is 13.4 Å². The number of benzene rings is 2. The number of hydrogen-bond donors (Lipinski definition) is 1. The van der Waals surface area contributed by atoms with Gasteiger partial charge in [-0.25, -0.2) is 9.18 Å². The fourth-order valence-corrected chi connectivity index (χ4v) is 3.46. The standard InChI is InChI=1S/C17H22FN3O3.C8H10OS/c1-11-19-15(24-21-11)10-13(20-16(22)23-17(2,3)4)9-12-7-5-6-8-14(12)18;1-7-3-5-8(6-4-7)10(2)9/h5-8,13H,9-10H2,1-4H3,(H,20,22);3-6H,1-2H3. The molecule has 2 aromatic carbocycles. The average molecular weight is 490 g/mol. The van der Waals surface area contributed by atoms with Gasteiger partial charge in [0.15, 0.2) is 5.82 Å². The van der Waals surface area contributed by atoms with Gasteiger partial charge in [0, 0.05) is 34.4 Å². The molecule has 0 spiro atoms. The number of aryl methyl sites for hydroxylation is 2. The summed E-state index contributed by atoms with van der Waals surface area (Å²) >= 11 is 0. The molecule has 1 aromatic heterocycles. The Morgan fingerprint density at radius 2 is 1.76 bits per heavy atom. The molecule has 1 heterocycles. The van der Waals surface area contributed by atoms with Crippen molar-refractivity contribution in [2.45, 2.75) is 64.0 Å². The molecular weight excluding hydrogens is 457 g/mol. The van der Waals surface area contributed by atoms with Crippen LogP contribution in [0.3, 0.4) is 0 Å². The number of nitrogens with zero attached hydrogens (tertiary/aromatic N) is 2. The highest BCUT2D eigenvalue weighted by Crippen LogP contribution is 2.13. The summed E-state index contributed by atoms with van der Waals surface area (Å²) in [6.07, 6.45) is 1.69. The van der Waals surface area contributed by atoms with E-state index in [1.165, 1.54) is 11.6 Å². The number of ether oxygens (including phenoxy) is 1. The van der Waals surface area contributed by atoms with Gasteiger partial charge < -0.3 is 14.6 Å². The zero-order chi connectivity index (χ0) is 25.3. The van der Waals surface area contributed by atoms with Crippen LogP contribution in [0.1, 0.15) is 43.6 Å². The smallest absolute Gasteiger partial charge is 0.407 e. The number of hydrogen-bond acceptors (Lipinski definition) is 6. The van der Waals surface area contributed by atoms with Crippen molar-refractivity contribution in [3.05, 3.63) is 77.2 Å². The van der Waals surface area contributed by atoms with Crippen molar-refractivity contribution in [3.63, 3.8) is 0 Å². The van der Waals surface area contributed by atoms with Gasteiger partial charge in [0.05, 0.1) is 0 Å². The lowest BCUT2D eigenvalue weighted by Crippen LogP contribution is -2.41. The molecule has 7 nitrogen and oxygen atoms in total. The maximum atomic E-state index is 13.9. The van der Waals surface area contributed by atoms with E-state index < -0.39 is 28.5 Å². The van der Waals surface area contributed by atoms with Crippen LogP contribution in [0, 0.1) is 19.7 Å². The molecular formula is C25H32FN3O4S. The zero-order valence-electron chi connectivity index (χ0n) is 20.4. The lowest BCUT2D eigenvalue weighted by atomic mass is 10.0. The van der Waals surface area contributed by atoms with Crippen molar-refractivity contribution in [1.29, 1.82) is 0 Å². The molecule has 2 atom stereocenters. The number of alkyl carbamates (subject to hydrolysis) is 1. The number of rotatable bonds is 6. The maximum absolute atomic E-state index is 13.9. The van der Waals surface area contributed by atoms with Crippen molar-refractivity contribution < 1.29 is 22.7 Å².